The predicted octanol–water partition coefficient (Wildman–Crippen LogP) is 8.17. The third-order valence-corrected chi connectivity index (χ3v) is 10.7. The van der Waals surface area contributed by atoms with Crippen LogP contribution in [0.5, 0.6) is 0 Å². The van der Waals surface area contributed by atoms with Crippen LogP contribution in [0.25, 0.3) is 11.1 Å². The van der Waals surface area contributed by atoms with Gasteiger partial charge >= 0.3 is 5.97 Å². The molecule has 6 rings (SSSR count). The summed E-state index contributed by atoms with van der Waals surface area (Å²) in [4.78, 5) is 25.1. The van der Waals surface area contributed by atoms with Crippen LogP contribution >= 0.6 is 0 Å². The number of carboxylic acids is 1. The number of nitrogens with zero attached hydrogens (tertiary/aromatic N) is 4. The number of fused-ring (bicyclic) bond motifs is 1. The summed E-state index contributed by atoms with van der Waals surface area (Å²) in [7, 11) is 0. The first-order chi connectivity index (χ1) is 23.6. The second-order valence-electron chi connectivity index (χ2n) is 16.5. The number of carbonyl (C=O) groups is 1. The highest BCUT2D eigenvalue weighted by Crippen LogP contribution is 2.46. The van der Waals surface area contributed by atoms with E-state index in [2.05, 4.69) is 46.7 Å². The first-order valence-electron chi connectivity index (χ1n) is 18.2. The van der Waals surface area contributed by atoms with Crippen molar-refractivity contribution < 1.29 is 23.4 Å². The molecule has 0 spiro atoms. The summed E-state index contributed by atoms with van der Waals surface area (Å²) in [5.41, 5.74) is 9.01. The van der Waals surface area contributed by atoms with Crippen LogP contribution in [-0.4, -0.2) is 70.4 Å². The molecule has 2 atom stereocenters. The summed E-state index contributed by atoms with van der Waals surface area (Å²) < 4.78 is 34.6. The maximum absolute atomic E-state index is 14.5. The first-order valence-corrected chi connectivity index (χ1v) is 18.2. The summed E-state index contributed by atoms with van der Waals surface area (Å²) in [6.45, 7) is 19.6. The van der Waals surface area contributed by atoms with Gasteiger partial charge in [-0.15, -0.1) is 0 Å². The molecule has 0 unspecified atom stereocenters. The lowest BCUT2D eigenvalue weighted by molar-refractivity contribution is -0.160. The Kier molecular flexibility index (Phi) is 10.4. The van der Waals surface area contributed by atoms with Crippen molar-refractivity contribution in [1.29, 1.82) is 0 Å². The molecule has 3 aromatic rings. The van der Waals surface area contributed by atoms with Crippen molar-refractivity contribution in [3.05, 3.63) is 81.4 Å². The van der Waals surface area contributed by atoms with Crippen LogP contribution in [0.15, 0.2) is 36.4 Å². The van der Waals surface area contributed by atoms with Gasteiger partial charge < -0.3 is 14.7 Å². The molecule has 7 nitrogen and oxygen atoms in total. The molecule has 3 aliphatic rings. The topological polar surface area (TPSA) is 69.1 Å². The number of hydrogen-bond donors (Lipinski definition) is 1. The molecule has 0 aliphatic carbocycles. The molecular formula is C41H54F2N4O3. The van der Waals surface area contributed by atoms with E-state index in [1.54, 1.807) is 6.07 Å². The molecule has 0 bridgehead atoms. The van der Waals surface area contributed by atoms with Crippen molar-refractivity contribution in [2.45, 2.75) is 112 Å². The van der Waals surface area contributed by atoms with Gasteiger partial charge in [-0.2, -0.15) is 0 Å². The molecule has 0 amide bonds. The van der Waals surface area contributed by atoms with Crippen LogP contribution in [-0.2, 0) is 35.6 Å². The number of benzene rings is 2. The lowest BCUT2D eigenvalue weighted by Gasteiger charge is -2.41. The number of aryl methyl sites for hydroxylation is 2. The Hall–Kier alpha value is -3.40. The number of pyridine rings is 1. The molecule has 0 saturated carbocycles. The molecule has 2 aromatic carbocycles. The fourth-order valence-electron chi connectivity index (χ4n) is 7.86. The molecular weight excluding hydrogens is 634 g/mol. The molecule has 3 aliphatic heterocycles. The number of carboxylic acid groups (broad SMARTS) is 1. The van der Waals surface area contributed by atoms with E-state index in [0.29, 0.717) is 37.3 Å². The first kappa shape index (κ1) is 36.4. The van der Waals surface area contributed by atoms with Crippen LogP contribution in [0, 0.1) is 25.1 Å². The summed E-state index contributed by atoms with van der Waals surface area (Å²) in [6.07, 6.45) is 1.26. The second-order valence-corrected chi connectivity index (χ2v) is 16.5. The standard InChI is InChI=1S/C41H54F2N4O3/c1-26-20-32(42)11-10-30(26)22-45-16-12-28-21-29(8-9-31(28)23-45)36-34(25-46-17-13-33(43)24-46)44-27(2)35(38(39(48)49)50-40(3,4)5)37(36)47-18-14-41(6,7)15-19-47/h8-11,20-21,33,38H,12-19,22-25H2,1-7H3,(H,48,49)/t33-,38+/m1/s1. The zero-order valence-electron chi connectivity index (χ0n) is 30.9. The van der Waals surface area contributed by atoms with Gasteiger partial charge in [0, 0.05) is 69.2 Å². The molecule has 2 saturated heterocycles. The minimum atomic E-state index is -1.21. The van der Waals surface area contributed by atoms with E-state index >= 15 is 0 Å². The van der Waals surface area contributed by atoms with E-state index in [0.717, 1.165) is 85.6 Å². The molecule has 1 aromatic heterocycles. The Morgan fingerprint density at radius 1 is 1.02 bits per heavy atom. The van der Waals surface area contributed by atoms with E-state index in [9.17, 15) is 18.7 Å². The van der Waals surface area contributed by atoms with Crippen molar-refractivity contribution in [3.63, 3.8) is 0 Å². The van der Waals surface area contributed by atoms with E-state index < -0.39 is 23.8 Å². The Labute approximate surface area is 296 Å². The van der Waals surface area contributed by atoms with Gasteiger partial charge in [-0.1, -0.05) is 38.1 Å². The third-order valence-electron chi connectivity index (χ3n) is 10.7. The molecule has 9 heteroatoms. The van der Waals surface area contributed by atoms with Crippen LogP contribution in [0.1, 0.15) is 99.2 Å². The average molecular weight is 689 g/mol. The van der Waals surface area contributed by atoms with Gasteiger partial charge in [0.25, 0.3) is 0 Å². The monoisotopic (exact) mass is 688 g/mol. The Balaban J connectivity index is 1.47. The van der Waals surface area contributed by atoms with E-state index in [1.165, 1.54) is 17.2 Å². The molecule has 50 heavy (non-hydrogen) atoms. The molecule has 0 radical (unpaired) electrons. The van der Waals surface area contributed by atoms with Crippen molar-refractivity contribution >= 4 is 11.7 Å². The van der Waals surface area contributed by atoms with Crippen LogP contribution in [0.3, 0.4) is 0 Å². The second kappa shape index (κ2) is 14.3. The van der Waals surface area contributed by atoms with Gasteiger partial charge in [-0.3, -0.25) is 14.8 Å². The lowest BCUT2D eigenvalue weighted by Crippen LogP contribution is -2.39. The van der Waals surface area contributed by atoms with Crippen molar-refractivity contribution in [2.24, 2.45) is 5.41 Å². The van der Waals surface area contributed by atoms with Gasteiger partial charge in [0.2, 0.25) is 0 Å². The van der Waals surface area contributed by atoms with E-state index in [4.69, 9.17) is 9.72 Å². The SMILES string of the molecule is Cc1cc(F)ccc1CN1CCc2cc(-c3c(CN4CC[C@@H](F)C4)nc(C)c([C@H](OC(C)(C)C)C(=O)O)c3N3CCC(C)(C)CC3)ccc2C1. The number of alkyl halides is 1. The molecule has 270 valence electrons. The zero-order chi connectivity index (χ0) is 36.0. The number of ether oxygens (including phenoxy) is 1. The quantitative estimate of drug-likeness (QED) is 0.243. The number of halogens is 2. The van der Waals surface area contributed by atoms with E-state index in [1.807, 2.05) is 40.7 Å². The van der Waals surface area contributed by atoms with Crippen molar-refractivity contribution in [2.75, 3.05) is 37.6 Å². The lowest BCUT2D eigenvalue weighted by atomic mass is 9.81. The van der Waals surface area contributed by atoms with E-state index in [-0.39, 0.29) is 11.2 Å². The summed E-state index contributed by atoms with van der Waals surface area (Å²) >= 11 is 0. The minimum Gasteiger partial charge on any atom is -0.479 e. The smallest absolute Gasteiger partial charge is 0.337 e. The Morgan fingerprint density at radius 2 is 1.76 bits per heavy atom. The fourth-order valence-corrected chi connectivity index (χ4v) is 7.86. The predicted molar refractivity (Wildman–Crippen MR) is 195 cm³/mol. The maximum atomic E-state index is 14.5. The number of piperidine rings is 1. The number of aliphatic carboxylic acids is 1. The summed E-state index contributed by atoms with van der Waals surface area (Å²) in [5, 5.41) is 10.7. The fraction of sp³-hybridized carbons (Fsp3) is 0.561. The van der Waals surface area contributed by atoms with Gasteiger partial charge in [-0.05, 0) is 106 Å². The number of likely N-dealkylation sites (tertiary alicyclic amines) is 1. The van der Waals surface area contributed by atoms with Crippen LogP contribution in [0.2, 0.25) is 0 Å². The molecule has 1 N–H and O–H groups in total. The normalized spacial score (nSPS) is 20.6. The van der Waals surface area contributed by atoms with Crippen LogP contribution < -0.4 is 4.90 Å². The van der Waals surface area contributed by atoms with Crippen LogP contribution in [0.4, 0.5) is 14.5 Å². The minimum absolute atomic E-state index is 0.186. The third kappa shape index (κ3) is 8.21. The largest absolute Gasteiger partial charge is 0.479 e. The summed E-state index contributed by atoms with van der Waals surface area (Å²) in [5.74, 6) is -1.25. The Morgan fingerprint density at radius 3 is 2.40 bits per heavy atom. The van der Waals surface area contributed by atoms with Gasteiger partial charge in [-0.25, -0.2) is 13.6 Å². The number of aromatic nitrogens is 1. The number of hydrogen-bond acceptors (Lipinski definition) is 6. The van der Waals surface area contributed by atoms with Gasteiger partial charge in [0.15, 0.2) is 6.10 Å². The van der Waals surface area contributed by atoms with Crippen molar-refractivity contribution in [3.8, 4) is 11.1 Å². The highest BCUT2D eigenvalue weighted by molar-refractivity contribution is 5.88. The van der Waals surface area contributed by atoms with Gasteiger partial charge in [0.05, 0.1) is 17.0 Å². The van der Waals surface area contributed by atoms with Gasteiger partial charge in [0.1, 0.15) is 12.0 Å². The maximum Gasteiger partial charge on any atom is 0.337 e. The summed E-state index contributed by atoms with van der Waals surface area (Å²) in [6, 6.07) is 11.6. The number of rotatable bonds is 9. The highest BCUT2D eigenvalue weighted by atomic mass is 19.1. The average Bonchev–Trinajstić information content (AvgIpc) is 3.44. The zero-order valence-corrected chi connectivity index (χ0v) is 30.9. The highest BCUT2D eigenvalue weighted by Gasteiger charge is 2.38. The Bertz CT molecular complexity index is 1730. The number of anilines is 1. The molecule has 4 heterocycles. The van der Waals surface area contributed by atoms with Crippen molar-refractivity contribution in [1.82, 2.24) is 14.8 Å². The molecule has 2 fully saturated rings.